The lowest BCUT2D eigenvalue weighted by atomic mass is 9.68. The van der Waals surface area contributed by atoms with E-state index in [0.717, 1.165) is 41.3 Å². The van der Waals surface area contributed by atoms with Crippen LogP contribution in [0.4, 0.5) is 34.1 Å². The maximum atomic E-state index is 2.59. The van der Waals surface area contributed by atoms with Gasteiger partial charge in [0, 0.05) is 44.6 Å². The highest BCUT2D eigenvalue weighted by Gasteiger charge is 2.62. The quantitative estimate of drug-likeness (QED) is 0.135. The summed E-state index contributed by atoms with van der Waals surface area (Å²) in [4.78, 5) is 5.16. The molecule has 13 aromatic rings. The molecule has 0 radical (unpaired) electrons. The largest absolute Gasteiger partial charge is 0.310 e. The van der Waals surface area contributed by atoms with Crippen molar-refractivity contribution in [1.29, 1.82) is 0 Å². The highest BCUT2D eigenvalue weighted by molar-refractivity contribution is 6.11. The molecule has 0 aliphatic heterocycles. The van der Waals surface area contributed by atoms with E-state index in [1.807, 2.05) is 0 Å². The van der Waals surface area contributed by atoms with Gasteiger partial charge in [0.1, 0.15) is 0 Å². The van der Waals surface area contributed by atoms with Crippen LogP contribution in [0, 0.1) is 11.8 Å². The molecule has 3 unspecified atom stereocenters. The molecule has 16 rings (SSSR count). The van der Waals surface area contributed by atoms with Crippen molar-refractivity contribution in [2.75, 3.05) is 9.80 Å². The SMILES string of the molecule is c1ccc(-c2ccc(-c3c(-c4ccc(N(c5ccccc5)c5cccc6c5C57c8c(cccc8N(c8ccccc8)c8ccc9c%10ccccc%10n(-c%10ccccc%10)c9c8)CC5CCC7C6)cc4)ccc4ccccc34)cc2)cc1. The van der Waals surface area contributed by atoms with Crippen molar-refractivity contribution < 1.29 is 0 Å². The molecule has 3 aliphatic carbocycles. The summed E-state index contributed by atoms with van der Waals surface area (Å²) < 4.78 is 2.45. The van der Waals surface area contributed by atoms with Gasteiger partial charge < -0.3 is 14.4 Å². The molecule has 1 spiro atoms. The first-order chi connectivity index (χ1) is 39.7. The fourth-order valence-electron chi connectivity index (χ4n) is 15.1. The molecule has 0 saturated heterocycles. The molecule has 3 nitrogen and oxygen atoms in total. The van der Waals surface area contributed by atoms with Crippen LogP contribution in [0.5, 0.6) is 0 Å². The van der Waals surface area contributed by atoms with Gasteiger partial charge in [-0.2, -0.15) is 0 Å². The van der Waals surface area contributed by atoms with Crippen LogP contribution in [0.25, 0.3) is 71.6 Å². The first-order valence-corrected chi connectivity index (χ1v) is 28.5. The van der Waals surface area contributed by atoms with Crippen molar-refractivity contribution in [2.24, 2.45) is 11.8 Å². The van der Waals surface area contributed by atoms with Crippen LogP contribution in [0.1, 0.15) is 35.1 Å². The molecule has 3 aliphatic rings. The lowest BCUT2D eigenvalue weighted by Gasteiger charge is -2.40. The van der Waals surface area contributed by atoms with Gasteiger partial charge in [-0.05, 0) is 183 Å². The summed E-state index contributed by atoms with van der Waals surface area (Å²) in [5, 5.41) is 5.01. The monoisotopic (exact) mass is 1020 g/mol. The lowest BCUT2D eigenvalue weighted by molar-refractivity contribution is 0.350. The van der Waals surface area contributed by atoms with Gasteiger partial charge in [0.15, 0.2) is 0 Å². The van der Waals surface area contributed by atoms with Gasteiger partial charge in [0.05, 0.1) is 22.4 Å². The van der Waals surface area contributed by atoms with Gasteiger partial charge in [-0.1, -0.05) is 206 Å². The summed E-state index contributed by atoms with van der Waals surface area (Å²) in [6.45, 7) is 0. The maximum absolute atomic E-state index is 2.59. The van der Waals surface area contributed by atoms with Crippen molar-refractivity contribution in [1.82, 2.24) is 4.57 Å². The summed E-state index contributed by atoms with van der Waals surface area (Å²) in [6.07, 6.45) is 4.56. The molecule has 1 heterocycles. The van der Waals surface area contributed by atoms with Gasteiger partial charge in [0.2, 0.25) is 0 Å². The molecule has 12 aromatic carbocycles. The number of nitrogens with zero attached hydrogens (tertiary/aromatic N) is 3. The Labute approximate surface area is 467 Å². The Morgan fingerprint density at radius 2 is 0.825 bits per heavy atom. The minimum atomic E-state index is -0.197. The van der Waals surface area contributed by atoms with Crippen molar-refractivity contribution >= 4 is 66.7 Å². The molecule has 0 N–H and O–H groups in total. The number of para-hydroxylation sites is 4. The minimum Gasteiger partial charge on any atom is -0.310 e. The molecule has 1 fully saturated rings. The van der Waals surface area contributed by atoms with E-state index in [9.17, 15) is 0 Å². The molecule has 0 bridgehead atoms. The summed E-state index contributed by atoms with van der Waals surface area (Å²) in [7, 11) is 0. The summed E-state index contributed by atoms with van der Waals surface area (Å²) >= 11 is 0. The van der Waals surface area contributed by atoms with Crippen LogP contribution >= 0.6 is 0 Å². The number of fused-ring (bicyclic) bond motifs is 6. The smallest absolute Gasteiger partial charge is 0.0561 e. The highest BCUT2D eigenvalue weighted by Crippen LogP contribution is 2.69. The minimum absolute atomic E-state index is 0.197. The zero-order valence-corrected chi connectivity index (χ0v) is 44.5. The zero-order chi connectivity index (χ0) is 52.7. The Morgan fingerprint density at radius 3 is 1.48 bits per heavy atom. The van der Waals surface area contributed by atoms with Gasteiger partial charge in [-0.15, -0.1) is 0 Å². The topological polar surface area (TPSA) is 11.4 Å². The van der Waals surface area contributed by atoms with Crippen LogP contribution in [-0.2, 0) is 18.3 Å². The predicted molar refractivity (Wildman–Crippen MR) is 335 cm³/mol. The van der Waals surface area contributed by atoms with E-state index in [0.29, 0.717) is 11.8 Å². The molecular formula is C77H57N3. The molecule has 1 aromatic heterocycles. The number of aromatic nitrogens is 1. The van der Waals surface area contributed by atoms with Gasteiger partial charge in [-0.3, -0.25) is 0 Å². The Hall–Kier alpha value is -9.70. The normalized spacial score (nSPS) is 16.9. The standard InChI is InChI=1S/C77H57N3/c1-5-19-52(20-6-1)53-35-37-56(38-36-53)74-66-30-14-13-21-54(66)41-47-67(74)55-39-44-64(45-40-55)78(61-24-7-2-8-25-61)71-33-17-22-57-49-59-42-43-60-50-58-23-18-34-72(76(58)77(59,60)75(57)71)79(62-26-9-3-10-27-62)65-46-48-69-68-31-15-16-32-70(68)80(73(69)51-65)63-28-11-4-12-29-63/h1-41,44-48,51,59-60H,42-43,49-50H2. The fraction of sp³-hybridized carbons (Fsp3) is 0.0909. The van der Waals surface area contributed by atoms with E-state index in [-0.39, 0.29) is 5.41 Å². The molecule has 3 heteroatoms. The second kappa shape index (κ2) is 18.8. The van der Waals surface area contributed by atoms with Crippen molar-refractivity contribution in [2.45, 2.75) is 31.1 Å². The number of benzene rings is 12. The molecule has 1 saturated carbocycles. The average molecular weight is 1020 g/mol. The second-order valence-electron chi connectivity index (χ2n) is 22.3. The van der Waals surface area contributed by atoms with E-state index in [1.165, 1.54) is 112 Å². The summed E-state index contributed by atoms with van der Waals surface area (Å²) in [5.74, 6) is 0.944. The summed E-state index contributed by atoms with van der Waals surface area (Å²) in [6, 6.07) is 106. The summed E-state index contributed by atoms with van der Waals surface area (Å²) in [5.41, 5.74) is 23.9. The molecular weight excluding hydrogens is 967 g/mol. The third-order valence-corrected chi connectivity index (χ3v) is 18.3. The van der Waals surface area contributed by atoms with Crippen molar-refractivity contribution in [3.05, 3.63) is 307 Å². The number of hydrogen-bond donors (Lipinski definition) is 0. The van der Waals surface area contributed by atoms with Crippen LogP contribution in [0.3, 0.4) is 0 Å². The van der Waals surface area contributed by atoms with Crippen LogP contribution in [-0.4, -0.2) is 4.57 Å². The number of rotatable bonds is 10. The van der Waals surface area contributed by atoms with Crippen LogP contribution in [0.15, 0.2) is 285 Å². The molecule has 3 atom stereocenters. The molecule has 80 heavy (non-hydrogen) atoms. The third-order valence-electron chi connectivity index (χ3n) is 18.3. The highest BCUT2D eigenvalue weighted by atomic mass is 15.2. The van der Waals surface area contributed by atoms with Gasteiger partial charge >= 0.3 is 0 Å². The number of hydrogen-bond acceptors (Lipinski definition) is 2. The lowest BCUT2D eigenvalue weighted by Crippen LogP contribution is -2.34. The van der Waals surface area contributed by atoms with Gasteiger partial charge in [0.25, 0.3) is 0 Å². The van der Waals surface area contributed by atoms with E-state index >= 15 is 0 Å². The average Bonchev–Trinajstić information content (AvgIpc) is 4.09. The fourth-order valence-corrected chi connectivity index (χ4v) is 15.1. The predicted octanol–water partition coefficient (Wildman–Crippen LogP) is 20.3. The van der Waals surface area contributed by atoms with Crippen LogP contribution in [0.2, 0.25) is 0 Å². The Kier molecular flexibility index (Phi) is 10.9. The Bertz CT molecular complexity index is 4460. The Balaban J connectivity index is 0.857. The maximum Gasteiger partial charge on any atom is 0.0561 e. The second-order valence-corrected chi connectivity index (χ2v) is 22.3. The van der Waals surface area contributed by atoms with E-state index in [4.69, 9.17) is 0 Å². The van der Waals surface area contributed by atoms with E-state index in [2.05, 4.69) is 299 Å². The molecule has 380 valence electrons. The Morgan fingerprint density at radius 1 is 0.338 bits per heavy atom. The first kappa shape index (κ1) is 46.4. The van der Waals surface area contributed by atoms with Crippen molar-refractivity contribution in [3.63, 3.8) is 0 Å². The van der Waals surface area contributed by atoms with Crippen molar-refractivity contribution in [3.8, 4) is 39.1 Å². The van der Waals surface area contributed by atoms with Gasteiger partial charge in [-0.25, -0.2) is 0 Å². The van der Waals surface area contributed by atoms with E-state index < -0.39 is 0 Å². The van der Waals surface area contributed by atoms with E-state index in [1.54, 1.807) is 0 Å². The zero-order valence-electron chi connectivity index (χ0n) is 44.5. The molecule has 0 amide bonds. The number of anilines is 6. The van der Waals surface area contributed by atoms with Crippen LogP contribution < -0.4 is 9.80 Å². The third kappa shape index (κ3) is 7.20. The first-order valence-electron chi connectivity index (χ1n) is 28.5.